The van der Waals surface area contributed by atoms with Crippen molar-refractivity contribution in [1.29, 1.82) is 0 Å². The van der Waals surface area contributed by atoms with Gasteiger partial charge < -0.3 is 10.6 Å². The van der Waals surface area contributed by atoms with E-state index < -0.39 is 0 Å². The molecule has 1 aromatic rings. The van der Waals surface area contributed by atoms with Crippen molar-refractivity contribution >= 4 is 11.6 Å². The minimum absolute atomic E-state index is 0.0260. The zero-order chi connectivity index (χ0) is 13.1. The smallest absolute Gasteiger partial charge is 0.228 e. The summed E-state index contributed by atoms with van der Waals surface area (Å²) in [6.45, 7) is 5.02. The van der Waals surface area contributed by atoms with Gasteiger partial charge in [-0.25, -0.2) is 0 Å². The fourth-order valence-electron chi connectivity index (χ4n) is 2.51. The molecule has 0 saturated carbocycles. The molecule has 18 heavy (non-hydrogen) atoms. The molecule has 1 aliphatic heterocycles. The monoisotopic (exact) mass is 246 g/mol. The first-order chi connectivity index (χ1) is 8.61. The largest absolute Gasteiger partial charge is 0.327 e. The average Bonchev–Trinajstić information content (AvgIpc) is 2.37. The van der Waals surface area contributed by atoms with Crippen LogP contribution in [0.2, 0.25) is 0 Å². The number of hydrogen-bond donors (Lipinski definition) is 1. The molecule has 3 heteroatoms. The number of nitrogens with two attached hydrogens (primary N) is 1. The van der Waals surface area contributed by atoms with E-state index in [-0.39, 0.29) is 11.9 Å². The molecule has 0 aliphatic carbocycles. The molecule has 0 saturated heterocycles. The Hall–Kier alpha value is -1.35. The highest BCUT2D eigenvalue weighted by molar-refractivity contribution is 5.95. The number of benzene rings is 1. The molecule has 98 valence electrons. The van der Waals surface area contributed by atoms with Crippen molar-refractivity contribution in [3.63, 3.8) is 0 Å². The van der Waals surface area contributed by atoms with Crippen LogP contribution in [0.3, 0.4) is 0 Å². The lowest BCUT2D eigenvalue weighted by molar-refractivity contribution is -0.119. The molecule has 1 amide bonds. The molecule has 1 aliphatic rings. The second kappa shape index (κ2) is 5.53. The molecule has 1 heterocycles. The van der Waals surface area contributed by atoms with Crippen LogP contribution in [0.15, 0.2) is 24.3 Å². The number of anilines is 1. The molecule has 2 atom stereocenters. The summed E-state index contributed by atoms with van der Waals surface area (Å²) in [6.07, 6.45) is 2.34. The molecule has 0 aromatic heterocycles. The maximum absolute atomic E-state index is 12.3. The number of nitrogens with zero attached hydrogens (tertiary/aromatic N) is 1. The van der Waals surface area contributed by atoms with E-state index in [4.69, 9.17) is 5.73 Å². The van der Waals surface area contributed by atoms with Crippen LogP contribution in [-0.4, -0.2) is 18.5 Å². The van der Waals surface area contributed by atoms with Crippen molar-refractivity contribution in [3.8, 4) is 0 Å². The minimum atomic E-state index is -0.0260. The van der Waals surface area contributed by atoms with Gasteiger partial charge in [-0.1, -0.05) is 32.0 Å². The summed E-state index contributed by atoms with van der Waals surface area (Å²) in [5.41, 5.74) is 8.23. The van der Waals surface area contributed by atoms with E-state index in [1.54, 1.807) is 0 Å². The van der Waals surface area contributed by atoms with Gasteiger partial charge >= 0.3 is 0 Å². The van der Waals surface area contributed by atoms with Gasteiger partial charge in [-0.05, 0) is 30.4 Å². The molecule has 0 bridgehead atoms. The standard InChI is InChI=1S/C15H22N2O/c1-3-13(16)9-15(18)17-10-11(2)8-12-6-4-5-7-14(12)17/h4-7,11,13H,3,8-10,16H2,1-2H3. The SMILES string of the molecule is CCC(N)CC(=O)N1CC(C)Cc2ccccc21. The predicted octanol–water partition coefficient (Wildman–Crippen LogP) is 2.34. The van der Waals surface area contributed by atoms with Gasteiger partial charge in [0.05, 0.1) is 0 Å². The van der Waals surface area contributed by atoms with Crippen molar-refractivity contribution in [2.24, 2.45) is 11.7 Å². The van der Waals surface area contributed by atoms with Gasteiger partial charge in [0.15, 0.2) is 0 Å². The lowest BCUT2D eigenvalue weighted by Crippen LogP contribution is -2.41. The van der Waals surface area contributed by atoms with E-state index >= 15 is 0 Å². The van der Waals surface area contributed by atoms with E-state index in [1.807, 2.05) is 30.0 Å². The molecule has 0 fully saturated rings. The highest BCUT2D eigenvalue weighted by Gasteiger charge is 2.26. The maximum atomic E-state index is 12.3. The summed E-state index contributed by atoms with van der Waals surface area (Å²) >= 11 is 0. The van der Waals surface area contributed by atoms with Gasteiger partial charge in [0.25, 0.3) is 0 Å². The first-order valence-electron chi connectivity index (χ1n) is 6.75. The summed E-state index contributed by atoms with van der Waals surface area (Å²) in [7, 11) is 0. The maximum Gasteiger partial charge on any atom is 0.228 e. The van der Waals surface area contributed by atoms with Crippen LogP contribution in [0.4, 0.5) is 5.69 Å². The second-order valence-corrected chi connectivity index (χ2v) is 5.31. The molecule has 1 aromatic carbocycles. The number of amides is 1. The Morgan fingerprint density at radius 3 is 2.94 bits per heavy atom. The fourth-order valence-corrected chi connectivity index (χ4v) is 2.51. The Morgan fingerprint density at radius 2 is 2.22 bits per heavy atom. The molecular weight excluding hydrogens is 224 g/mol. The highest BCUT2D eigenvalue weighted by Crippen LogP contribution is 2.29. The van der Waals surface area contributed by atoms with E-state index in [1.165, 1.54) is 5.56 Å². The van der Waals surface area contributed by atoms with Gasteiger partial charge in [0, 0.05) is 24.7 Å². The van der Waals surface area contributed by atoms with Gasteiger partial charge in [0.1, 0.15) is 0 Å². The third kappa shape index (κ3) is 2.72. The van der Waals surface area contributed by atoms with Crippen LogP contribution < -0.4 is 10.6 Å². The fraction of sp³-hybridized carbons (Fsp3) is 0.533. The molecular formula is C15H22N2O. The Labute approximate surface area is 109 Å². The first kappa shape index (κ1) is 13.1. The Balaban J connectivity index is 2.20. The second-order valence-electron chi connectivity index (χ2n) is 5.31. The molecule has 3 nitrogen and oxygen atoms in total. The van der Waals surface area contributed by atoms with Gasteiger partial charge in [-0.15, -0.1) is 0 Å². The number of hydrogen-bond acceptors (Lipinski definition) is 2. The third-order valence-electron chi connectivity index (χ3n) is 3.61. The Morgan fingerprint density at radius 1 is 1.50 bits per heavy atom. The summed E-state index contributed by atoms with van der Waals surface area (Å²) in [5.74, 6) is 0.671. The van der Waals surface area contributed by atoms with Crippen molar-refractivity contribution in [1.82, 2.24) is 0 Å². The van der Waals surface area contributed by atoms with Crippen molar-refractivity contribution in [2.75, 3.05) is 11.4 Å². The summed E-state index contributed by atoms with van der Waals surface area (Å²) < 4.78 is 0. The number of para-hydroxylation sites is 1. The molecule has 2 rings (SSSR count). The van der Waals surface area contributed by atoms with E-state index in [9.17, 15) is 4.79 Å². The number of carbonyl (C=O) groups excluding carboxylic acids is 1. The quantitative estimate of drug-likeness (QED) is 0.889. The van der Waals surface area contributed by atoms with E-state index in [2.05, 4.69) is 13.0 Å². The molecule has 0 spiro atoms. The topological polar surface area (TPSA) is 46.3 Å². The summed E-state index contributed by atoms with van der Waals surface area (Å²) in [5, 5.41) is 0. The lowest BCUT2D eigenvalue weighted by atomic mass is 9.93. The zero-order valence-corrected chi connectivity index (χ0v) is 11.2. The van der Waals surface area contributed by atoms with Crippen molar-refractivity contribution in [3.05, 3.63) is 29.8 Å². The lowest BCUT2D eigenvalue weighted by Gasteiger charge is -2.33. The normalized spacial score (nSPS) is 20.4. The highest BCUT2D eigenvalue weighted by atomic mass is 16.2. The van der Waals surface area contributed by atoms with Gasteiger partial charge in [-0.2, -0.15) is 0 Å². The van der Waals surface area contributed by atoms with Crippen LogP contribution in [-0.2, 0) is 11.2 Å². The van der Waals surface area contributed by atoms with Crippen LogP contribution in [0.5, 0.6) is 0 Å². The average molecular weight is 246 g/mol. The van der Waals surface area contributed by atoms with Crippen molar-refractivity contribution in [2.45, 2.75) is 39.2 Å². The first-order valence-corrected chi connectivity index (χ1v) is 6.75. The molecule has 2 N–H and O–H groups in total. The predicted molar refractivity (Wildman–Crippen MR) is 74.5 cm³/mol. The van der Waals surface area contributed by atoms with Crippen molar-refractivity contribution < 1.29 is 4.79 Å². The van der Waals surface area contributed by atoms with Crippen LogP contribution >= 0.6 is 0 Å². The molecule has 2 unspecified atom stereocenters. The number of rotatable bonds is 3. The minimum Gasteiger partial charge on any atom is -0.327 e. The van der Waals surface area contributed by atoms with Gasteiger partial charge in [0.2, 0.25) is 5.91 Å². The molecule has 0 radical (unpaired) electrons. The van der Waals surface area contributed by atoms with Gasteiger partial charge in [-0.3, -0.25) is 4.79 Å². The zero-order valence-electron chi connectivity index (χ0n) is 11.2. The summed E-state index contributed by atoms with van der Waals surface area (Å²) in [6, 6.07) is 8.16. The number of carbonyl (C=O) groups is 1. The Bertz CT molecular complexity index is 430. The van der Waals surface area contributed by atoms with Crippen LogP contribution in [0.1, 0.15) is 32.3 Å². The third-order valence-corrected chi connectivity index (χ3v) is 3.61. The summed E-state index contributed by atoms with van der Waals surface area (Å²) in [4.78, 5) is 14.2. The van der Waals surface area contributed by atoms with E-state index in [0.717, 1.165) is 25.1 Å². The Kier molecular flexibility index (Phi) is 4.02. The van der Waals surface area contributed by atoms with Crippen LogP contribution in [0, 0.1) is 5.92 Å². The van der Waals surface area contributed by atoms with Crippen LogP contribution in [0.25, 0.3) is 0 Å². The number of fused-ring (bicyclic) bond motifs is 1. The van der Waals surface area contributed by atoms with E-state index in [0.29, 0.717) is 12.3 Å².